The molecule has 39 heavy (non-hydrogen) atoms. The van der Waals surface area contributed by atoms with Crippen molar-refractivity contribution in [3.63, 3.8) is 0 Å². The Balaban J connectivity index is 1.63. The molecule has 2 aromatic carbocycles. The number of hydrogen-bond acceptors (Lipinski definition) is 4. The second-order valence-electron chi connectivity index (χ2n) is 10.1. The zero-order valence-electron chi connectivity index (χ0n) is 23.7. The van der Waals surface area contributed by atoms with E-state index in [0.29, 0.717) is 18.0 Å². The van der Waals surface area contributed by atoms with E-state index < -0.39 is 6.04 Å². The van der Waals surface area contributed by atoms with Crippen LogP contribution in [0.15, 0.2) is 60.8 Å². The number of aromatic nitrogens is 2. The molecule has 0 radical (unpaired) electrons. The number of pyridine rings is 1. The largest absolute Gasteiger partial charge is 0.481 e. The van der Waals surface area contributed by atoms with Crippen molar-refractivity contribution in [2.45, 2.75) is 59.5 Å². The highest BCUT2D eigenvalue weighted by atomic mass is 16.5. The van der Waals surface area contributed by atoms with Crippen LogP contribution >= 0.6 is 0 Å². The Kier molecular flexibility index (Phi) is 8.69. The number of methoxy groups -OCH3 is 1. The number of fused-ring (bicyclic) bond motifs is 1. The zero-order chi connectivity index (χ0) is 28.1. The van der Waals surface area contributed by atoms with Crippen LogP contribution in [-0.2, 0) is 29.0 Å². The van der Waals surface area contributed by atoms with E-state index in [0.717, 1.165) is 40.7 Å². The van der Waals surface area contributed by atoms with Gasteiger partial charge in [-0.25, -0.2) is 4.98 Å². The number of carbonyl (C=O) groups excluding carboxylic acids is 2. The van der Waals surface area contributed by atoms with E-state index in [2.05, 4.69) is 54.7 Å². The Bertz CT molecular complexity index is 1460. The molecule has 2 heterocycles. The van der Waals surface area contributed by atoms with Gasteiger partial charge in [-0.15, -0.1) is 0 Å². The fourth-order valence-electron chi connectivity index (χ4n) is 5.26. The van der Waals surface area contributed by atoms with E-state index in [1.165, 1.54) is 16.0 Å². The summed E-state index contributed by atoms with van der Waals surface area (Å²) in [5, 5.41) is 4.21. The summed E-state index contributed by atoms with van der Waals surface area (Å²) in [6.45, 7) is 9.36. The average molecular weight is 527 g/mol. The average Bonchev–Trinajstić information content (AvgIpc) is 3.22. The van der Waals surface area contributed by atoms with Crippen LogP contribution in [0.25, 0.3) is 10.9 Å². The Labute approximate surface area is 230 Å². The number of nitrogens with one attached hydrogen (secondary N) is 1. The third kappa shape index (κ3) is 5.98. The summed E-state index contributed by atoms with van der Waals surface area (Å²) >= 11 is 0. The van der Waals surface area contributed by atoms with Crippen LogP contribution in [0, 0.1) is 20.8 Å². The van der Waals surface area contributed by atoms with E-state index in [1.54, 1.807) is 32.5 Å². The summed E-state index contributed by atoms with van der Waals surface area (Å²) in [5.41, 5.74) is 7.27. The molecule has 7 heteroatoms. The molecule has 1 atom stereocenters. The molecular formula is C32H38N4O3. The Morgan fingerprint density at radius 3 is 2.38 bits per heavy atom. The topological polar surface area (TPSA) is 76.5 Å². The summed E-state index contributed by atoms with van der Waals surface area (Å²) in [4.78, 5) is 33.1. The van der Waals surface area contributed by atoms with Gasteiger partial charge in [0.2, 0.25) is 17.7 Å². The van der Waals surface area contributed by atoms with E-state index in [1.807, 2.05) is 30.3 Å². The summed E-state index contributed by atoms with van der Waals surface area (Å²) in [5.74, 6) is 0.0818. The van der Waals surface area contributed by atoms with Crippen molar-refractivity contribution in [1.29, 1.82) is 0 Å². The monoisotopic (exact) mass is 526 g/mol. The maximum Gasteiger partial charge on any atom is 0.249 e. The lowest BCUT2D eigenvalue weighted by Crippen LogP contribution is -2.49. The first-order chi connectivity index (χ1) is 18.7. The molecule has 4 aromatic rings. The lowest BCUT2D eigenvalue weighted by molar-refractivity contribution is -0.127. The van der Waals surface area contributed by atoms with Crippen molar-refractivity contribution in [3.8, 4) is 5.88 Å². The van der Waals surface area contributed by atoms with Gasteiger partial charge in [0.15, 0.2) is 0 Å². The van der Waals surface area contributed by atoms with Crippen LogP contribution in [0.4, 0.5) is 5.69 Å². The number of anilines is 1. The quantitative estimate of drug-likeness (QED) is 0.304. The molecular weight excluding hydrogens is 488 g/mol. The number of benzene rings is 2. The molecule has 0 spiro atoms. The highest BCUT2D eigenvalue weighted by molar-refractivity contribution is 6.00. The third-order valence-electron chi connectivity index (χ3n) is 7.35. The second-order valence-corrected chi connectivity index (χ2v) is 10.1. The molecule has 0 saturated carbocycles. The summed E-state index contributed by atoms with van der Waals surface area (Å²) in [6.07, 6.45) is 3.18. The lowest BCUT2D eigenvalue weighted by atomic mass is 10.00. The van der Waals surface area contributed by atoms with Crippen molar-refractivity contribution in [3.05, 3.63) is 88.7 Å². The van der Waals surface area contributed by atoms with Crippen molar-refractivity contribution < 1.29 is 14.3 Å². The number of amides is 2. The van der Waals surface area contributed by atoms with Crippen LogP contribution in [0.1, 0.15) is 41.3 Å². The van der Waals surface area contributed by atoms with E-state index in [9.17, 15) is 9.59 Å². The van der Waals surface area contributed by atoms with Crippen molar-refractivity contribution in [1.82, 2.24) is 14.9 Å². The van der Waals surface area contributed by atoms with Gasteiger partial charge >= 0.3 is 0 Å². The smallest absolute Gasteiger partial charge is 0.249 e. The highest BCUT2D eigenvalue weighted by Gasteiger charge is 2.27. The van der Waals surface area contributed by atoms with E-state index in [-0.39, 0.29) is 18.2 Å². The third-order valence-corrected chi connectivity index (χ3v) is 7.35. The molecule has 0 fully saturated rings. The van der Waals surface area contributed by atoms with Crippen LogP contribution in [0.5, 0.6) is 5.88 Å². The number of hydrogen-bond donors (Lipinski definition) is 1. The lowest BCUT2D eigenvalue weighted by Gasteiger charge is -2.25. The van der Waals surface area contributed by atoms with Gasteiger partial charge in [0.05, 0.1) is 30.9 Å². The van der Waals surface area contributed by atoms with Gasteiger partial charge in [0.25, 0.3) is 0 Å². The Morgan fingerprint density at radius 2 is 1.74 bits per heavy atom. The molecule has 2 amide bonds. The molecule has 0 bridgehead atoms. The standard InChI is InChI=1S/C32H38N4O3/c1-7-17-36-23(4)26(30-21(2)13-14-22(3)31(30)36)19-28(37)34-27(18-24-11-9-8-10-12-24)32(38)35(5)25-15-16-29(39-6)33-20-25/h8-16,20,27H,7,17-19H2,1-6H3,(H,34,37)/t27-/m0/s1. The van der Waals surface area contributed by atoms with Crippen molar-refractivity contribution >= 4 is 28.4 Å². The molecule has 0 saturated heterocycles. The van der Waals surface area contributed by atoms with Gasteiger partial charge in [-0.3, -0.25) is 9.59 Å². The van der Waals surface area contributed by atoms with Gasteiger partial charge in [-0.05, 0) is 55.5 Å². The Hall–Kier alpha value is -4.13. The van der Waals surface area contributed by atoms with Crippen molar-refractivity contribution in [2.24, 2.45) is 0 Å². The maximum absolute atomic E-state index is 13.7. The fourth-order valence-corrected chi connectivity index (χ4v) is 5.26. The van der Waals surface area contributed by atoms with Gasteiger partial charge in [-0.2, -0.15) is 0 Å². The minimum absolute atomic E-state index is 0.176. The van der Waals surface area contributed by atoms with Crippen LogP contribution in [-0.4, -0.2) is 41.6 Å². The minimum atomic E-state index is -0.737. The minimum Gasteiger partial charge on any atom is -0.481 e. The predicted molar refractivity (Wildman–Crippen MR) is 156 cm³/mol. The van der Waals surface area contributed by atoms with Crippen LogP contribution in [0.3, 0.4) is 0 Å². The van der Waals surface area contributed by atoms with Gasteiger partial charge in [-0.1, -0.05) is 49.4 Å². The van der Waals surface area contributed by atoms with Crippen LogP contribution < -0.4 is 15.0 Å². The number of likely N-dealkylation sites (N-methyl/N-ethyl adjacent to an activating group) is 1. The van der Waals surface area contributed by atoms with Crippen LogP contribution in [0.2, 0.25) is 0 Å². The molecule has 2 aromatic heterocycles. The Morgan fingerprint density at radius 1 is 1.03 bits per heavy atom. The van der Waals surface area contributed by atoms with Gasteiger partial charge in [0.1, 0.15) is 6.04 Å². The number of nitrogens with zero attached hydrogens (tertiary/aromatic N) is 3. The highest BCUT2D eigenvalue weighted by Crippen LogP contribution is 2.32. The van der Waals surface area contributed by atoms with Gasteiger partial charge < -0.3 is 19.5 Å². The SMILES string of the molecule is CCCn1c(C)c(CC(=O)N[C@@H](Cc2ccccc2)C(=O)N(C)c2ccc(OC)nc2)c2c(C)ccc(C)c21. The maximum atomic E-state index is 13.7. The molecule has 204 valence electrons. The molecule has 1 N–H and O–H groups in total. The van der Waals surface area contributed by atoms with Crippen molar-refractivity contribution in [2.75, 3.05) is 19.1 Å². The molecule has 0 aliphatic carbocycles. The van der Waals surface area contributed by atoms with Gasteiger partial charge in [0, 0.05) is 37.2 Å². The normalized spacial score (nSPS) is 11.8. The zero-order valence-corrected chi connectivity index (χ0v) is 23.7. The number of ether oxygens (including phenoxy) is 1. The predicted octanol–water partition coefficient (Wildman–Crippen LogP) is 5.31. The fraction of sp³-hybridized carbons (Fsp3) is 0.344. The number of carbonyl (C=O) groups is 2. The summed E-state index contributed by atoms with van der Waals surface area (Å²) < 4.78 is 7.48. The van der Waals surface area contributed by atoms with E-state index in [4.69, 9.17) is 4.74 Å². The molecule has 0 unspecified atom stereocenters. The molecule has 7 nitrogen and oxygen atoms in total. The first kappa shape index (κ1) is 27.9. The number of aryl methyl sites for hydroxylation is 3. The molecule has 0 aliphatic heterocycles. The molecule has 4 rings (SSSR count). The van der Waals surface area contributed by atoms with E-state index >= 15 is 0 Å². The summed E-state index contributed by atoms with van der Waals surface area (Å²) in [7, 11) is 3.25. The first-order valence-electron chi connectivity index (χ1n) is 13.4. The summed E-state index contributed by atoms with van der Waals surface area (Å²) in [6, 6.07) is 16.8. The number of rotatable bonds is 10. The first-order valence-corrected chi connectivity index (χ1v) is 13.4. The second kappa shape index (κ2) is 12.2. The molecule has 0 aliphatic rings.